The highest BCUT2D eigenvalue weighted by Gasteiger charge is 2.38. The third-order valence-electron chi connectivity index (χ3n) is 12.7. The van der Waals surface area contributed by atoms with Gasteiger partial charge in [0.1, 0.15) is 39.4 Å². The molecule has 0 fully saturated rings. The first-order valence-corrected chi connectivity index (χ1v) is 27.8. The van der Waals surface area contributed by atoms with E-state index in [0.29, 0.717) is 73.3 Å². The van der Waals surface area contributed by atoms with Gasteiger partial charge < -0.3 is 23.7 Å². The van der Waals surface area contributed by atoms with Gasteiger partial charge in [-0.05, 0) is 116 Å². The molecule has 468 valence electrons. The van der Waals surface area contributed by atoms with Gasteiger partial charge in [0.15, 0.2) is 64.0 Å². The highest BCUT2D eigenvalue weighted by atomic mass is 32.2. The van der Waals surface area contributed by atoms with Gasteiger partial charge in [-0.15, -0.1) is 4.33 Å². The summed E-state index contributed by atoms with van der Waals surface area (Å²) in [4.78, 5) is 10.7. The summed E-state index contributed by atoms with van der Waals surface area (Å²) in [6, 6.07) is 16.0. The van der Waals surface area contributed by atoms with Gasteiger partial charge in [0, 0.05) is 16.7 Å². The maximum Gasteiger partial charge on any atom is 0.298 e. The van der Waals surface area contributed by atoms with Crippen LogP contribution in [0.2, 0.25) is 0 Å². The predicted molar refractivity (Wildman–Crippen MR) is 276 cm³/mol. The molecule has 0 saturated carbocycles. The molecule has 0 unspecified atom stereocenters. The monoisotopic (exact) mass is 1330 g/mol. The molecular formula is C57H26F16O14S3. The number of carbonyl (C=O) groups is 1. The second kappa shape index (κ2) is 25.2. The SMILES string of the molecule is COc1ccc(Oc2ccc(C(=O)c3ccc(Oc4c(F)c(F)c(-c5c(F)c(F)c(Oc6ccc(S(=O)(=O)c7ccc(Oc8c(F)c(F)c(-c9c(F)c(F)c(C)c(F)c9F)c(F)c8F)cc7)cc6)c(F)c5F)c(F)c4F)c(SOOO)c3)cc2S(=O)(=O)O)cc1. The van der Waals surface area contributed by atoms with Crippen LogP contribution < -0.4 is 23.7 Å². The Morgan fingerprint density at radius 2 is 0.744 bits per heavy atom. The van der Waals surface area contributed by atoms with Gasteiger partial charge in [-0.1, -0.05) is 5.04 Å². The summed E-state index contributed by atoms with van der Waals surface area (Å²) >= 11 is -0.0930. The Morgan fingerprint density at radius 3 is 1.12 bits per heavy atom. The zero-order chi connectivity index (χ0) is 65.7. The minimum atomic E-state index is -5.12. The average Bonchev–Trinajstić information content (AvgIpc) is 0.766. The van der Waals surface area contributed by atoms with Crippen molar-refractivity contribution in [2.45, 2.75) is 26.5 Å². The van der Waals surface area contributed by atoms with Gasteiger partial charge in [0.25, 0.3) is 10.1 Å². The Balaban J connectivity index is 0.933. The Labute approximate surface area is 497 Å². The average molecular weight is 1330 g/mol. The molecule has 0 aliphatic heterocycles. The third kappa shape index (κ3) is 12.0. The lowest BCUT2D eigenvalue weighted by molar-refractivity contribution is -0.432. The van der Waals surface area contributed by atoms with Crippen LogP contribution in [0.3, 0.4) is 0 Å². The van der Waals surface area contributed by atoms with Crippen LogP contribution in [0, 0.1) is 100.0 Å². The quantitative estimate of drug-likeness (QED) is 0.0148. The fourth-order valence-electron chi connectivity index (χ4n) is 8.30. The molecule has 0 amide bonds. The van der Waals surface area contributed by atoms with Gasteiger partial charge in [-0.25, -0.2) is 57.6 Å². The van der Waals surface area contributed by atoms with Crippen LogP contribution in [-0.2, 0) is 29.3 Å². The number of hydrogen-bond donors (Lipinski definition) is 2. The van der Waals surface area contributed by atoms with Crippen molar-refractivity contribution >= 4 is 37.8 Å². The highest BCUT2D eigenvalue weighted by Crippen LogP contribution is 2.46. The molecule has 2 N–H and O–H groups in total. The van der Waals surface area contributed by atoms with Crippen LogP contribution in [0.25, 0.3) is 22.3 Å². The van der Waals surface area contributed by atoms with E-state index in [9.17, 15) is 43.7 Å². The molecule has 9 aromatic carbocycles. The number of methoxy groups -OCH3 is 1. The molecule has 0 aliphatic carbocycles. The standard InChI is InChI=1S/C57H26F16O14S3/c1-21-38(58)40(60)34(41(61)39(21)59)35-42(62)48(68)55(49(69)43(35)63)83-26-9-13-28(14-10-26)89(76,77)29-15-11-27(12-16-29)84-56-50(70)44(64)36(45(65)51(56)71)37-46(66)52(72)57(53(73)47(37)67)85-30-17-3-22(19-32(30)88-87-86-75)54(74)23-4-18-31(33(20-23)90(78,79)80)82-25-7-5-24(81-2)6-8-25/h3-20,75H,1-2H3,(H,78,79,80). The van der Waals surface area contributed by atoms with E-state index < -0.39 is 218 Å². The third-order valence-corrected chi connectivity index (χ3v) is 16.0. The number of benzene rings is 9. The molecule has 33 heteroatoms. The van der Waals surface area contributed by atoms with Crippen molar-refractivity contribution in [2.75, 3.05) is 7.11 Å². The maximum atomic E-state index is 15.8. The normalized spacial score (nSPS) is 11.7. The lowest BCUT2D eigenvalue weighted by Crippen LogP contribution is -2.09. The summed E-state index contributed by atoms with van der Waals surface area (Å²) in [7, 11) is -8.47. The van der Waals surface area contributed by atoms with Crippen molar-refractivity contribution in [2.24, 2.45) is 0 Å². The minimum Gasteiger partial charge on any atom is -0.497 e. The molecule has 0 saturated heterocycles. The van der Waals surface area contributed by atoms with E-state index in [1.165, 1.54) is 31.4 Å². The van der Waals surface area contributed by atoms with Crippen LogP contribution in [-0.4, -0.2) is 39.5 Å². The zero-order valence-electron chi connectivity index (χ0n) is 44.0. The van der Waals surface area contributed by atoms with E-state index >= 15 is 52.7 Å². The van der Waals surface area contributed by atoms with Crippen LogP contribution in [0.4, 0.5) is 70.2 Å². The fourth-order valence-corrected chi connectivity index (χ4v) is 10.7. The van der Waals surface area contributed by atoms with E-state index in [4.69, 9.17) is 28.9 Å². The van der Waals surface area contributed by atoms with Crippen molar-refractivity contribution in [1.82, 2.24) is 0 Å². The molecule has 0 atom stereocenters. The molecule has 14 nitrogen and oxygen atoms in total. The first-order chi connectivity index (χ1) is 42.4. The molecule has 0 bridgehead atoms. The van der Waals surface area contributed by atoms with Crippen LogP contribution in [0.5, 0.6) is 51.7 Å². The summed E-state index contributed by atoms with van der Waals surface area (Å²) in [6.45, 7) is 0.550. The molecule has 0 spiro atoms. The second-order valence-corrected chi connectivity index (χ2v) is 22.1. The van der Waals surface area contributed by atoms with Crippen molar-refractivity contribution in [3.05, 3.63) is 219 Å². The Bertz CT molecular complexity index is 4540. The summed E-state index contributed by atoms with van der Waals surface area (Å²) in [6.07, 6.45) is 0. The summed E-state index contributed by atoms with van der Waals surface area (Å²) < 4.78 is 335. The number of halogens is 16. The number of ether oxygens (including phenoxy) is 5. The number of carbonyl (C=O) groups excluding carboxylic acids is 1. The molecule has 0 heterocycles. The maximum absolute atomic E-state index is 15.8. The van der Waals surface area contributed by atoms with Gasteiger partial charge >= 0.3 is 0 Å². The second-order valence-electron chi connectivity index (χ2n) is 18.0. The van der Waals surface area contributed by atoms with Gasteiger partial charge in [0.05, 0.1) is 56.1 Å². The van der Waals surface area contributed by atoms with Crippen molar-refractivity contribution in [1.29, 1.82) is 0 Å². The first kappa shape index (κ1) is 65.1. The van der Waals surface area contributed by atoms with E-state index in [1.807, 2.05) is 0 Å². The van der Waals surface area contributed by atoms with Crippen LogP contribution in [0.15, 0.2) is 129 Å². The molecule has 9 aromatic rings. The summed E-state index contributed by atoms with van der Waals surface area (Å²) in [5.41, 5.74) is -11.3. The Hall–Kier alpha value is -9.38. The number of ketones is 1. The van der Waals surface area contributed by atoms with Gasteiger partial charge in [-0.3, -0.25) is 9.35 Å². The molecular weight excluding hydrogens is 1310 g/mol. The van der Waals surface area contributed by atoms with E-state index in [1.54, 1.807) is 0 Å². The van der Waals surface area contributed by atoms with E-state index in [0.717, 1.165) is 24.3 Å². The van der Waals surface area contributed by atoms with Crippen LogP contribution >= 0.6 is 12.0 Å². The summed E-state index contributed by atoms with van der Waals surface area (Å²) in [5.74, 6) is -50.1. The van der Waals surface area contributed by atoms with Crippen molar-refractivity contribution < 1.29 is 135 Å². The Morgan fingerprint density at radius 1 is 0.411 bits per heavy atom. The zero-order valence-corrected chi connectivity index (χ0v) is 46.4. The van der Waals surface area contributed by atoms with E-state index in [-0.39, 0.29) is 17.8 Å². The Kier molecular flexibility index (Phi) is 18.3. The van der Waals surface area contributed by atoms with E-state index in [2.05, 4.69) is 9.37 Å². The molecule has 90 heavy (non-hydrogen) atoms. The first-order valence-electron chi connectivity index (χ1n) is 24.1. The molecule has 0 aliphatic rings. The molecule has 0 aromatic heterocycles. The topological polar surface area (TPSA) is 190 Å². The molecule has 0 radical (unpaired) electrons. The van der Waals surface area contributed by atoms with Gasteiger partial charge in [0.2, 0.25) is 62.0 Å². The smallest absolute Gasteiger partial charge is 0.298 e. The highest BCUT2D eigenvalue weighted by molar-refractivity contribution is 7.94. The number of rotatable bonds is 19. The minimum absolute atomic E-state index is 0.0614. The predicted octanol–water partition coefficient (Wildman–Crippen LogP) is 16.5. The van der Waals surface area contributed by atoms with Crippen molar-refractivity contribution in [3.63, 3.8) is 0 Å². The summed E-state index contributed by atoms with van der Waals surface area (Å²) in [5, 5.41) is 12.3. The lowest BCUT2D eigenvalue weighted by Gasteiger charge is -2.17. The fraction of sp³-hybridized carbons (Fsp3) is 0.0351. The van der Waals surface area contributed by atoms with Crippen molar-refractivity contribution in [3.8, 4) is 74.0 Å². The number of hydrogen-bond acceptors (Lipinski definition) is 14. The largest absolute Gasteiger partial charge is 0.497 e. The lowest BCUT2D eigenvalue weighted by atomic mass is 9.99. The van der Waals surface area contributed by atoms with Crippen LogP contribution in [0.1, 0.15) is 21.5 Å². The van der Waals surface area contributed by atoms with Gasteiger partial charge in [-0.2, -0.15) is 34.8 Å². The number of sulfone groups is 1. The molecule has 9 rings (SSSR count).